The summed E-state index contributed by atoms with van der Waals surface area (Å²) in [6.45, 7) is 1.52. The normalized spacial score (nSPS) is 16.5. The van der Waals surface area contributed by atoms with Crippen molar-refractivity contribution < 1.29 is 40.7 Å². The molecule has 3 rings (SSSR count). The monoisotopic (exact) mass is 498 g/mol. The number of halogens is 3. The first-order chi connectivity index (χ1) is 16.0. The number of carbonyl (C=O) groups is 2. The first-order valence-corrected chi connectivity index (χ1v) is 11.6. The SMILES string of the molecule is CCOC(=O)C1=C(CS(=O)(=O)c2cccc(C(F)(F)F)c2)NC(=O)N[C@@H]1c1cccc(OC)c1. The Kier molecular flexibility index (Phi) is 7.20. The lowest BCUT2D eigenvalue weighted by Gasteiger charge is -2.29. The molecule has 0 radical (unpaired) electrons. The Morgan fingerprint density at radius 3 is 2.47 bits per heavy atom. The highest BCUT2D eigenvalue weighted by molar-refractivity contribution is 7.91. The maximum absolute atomic E-state index is 13.1. The van der Waals surface area contributed by atoms with Crippen molar-refractivity contribution in [2.75, 3.05) is 19.5 Å². The zero-order valence-electron chi connectivity index (χ0n) is 18.1. The molecule has 12 heteroatoms. The topological polar surface area (TPSA) is 111 Å². The van der Waals surface area contributed by atoms with Crippen LogP contribution in [-0.2, 0) is 25.5 Å². The summed E-state index contributed by atoms with van der Waals surface area (Å²) < 4.78 is 75.5. The van der Waals surface area contributed by atoms with Gasteiger partial charge in [0.2, 0.25) is 0 Å². The lowest BCUT2D eigenvalue weighted by molar-refractivity contribution is -0.139. The van der Waals surface area contributed by atoms with E-state index in [2.05, 4.69) is 10.6 Å². The third-order valence-electron chi connectivity index (χ3n) is 4.93. The number of carbonyl (C=O) groups excluding carboxylic acids is 2. The van der Waals surface area contributed by atoms with Gasteiger partial charge in [-0.2, -0.15) is 13.2 Å². The van der Waals surface area contributed by atoms with E-state index in [0.717, 1.165) is 18.2 Å². The summed E-state index contributed by atoms with van der Waals surface area (Å²) >= 11 is 0. The van der Waals surface area contributed by atoms with Crippen LogP contribution in [0.25, 0.3) is 0 Å². The number of alkyl halides is 3. The van der Waals surface area contributed by atoms with Crippen molar-refractivity contribution >= 4 is 21.8 Å². The van der Waals surface area contributed by atoms with E-state index in [9.17, 15) is 31.2 Å². The second-order valence-electron chi connectivity index (χ2n) is 7.21. The van der Waals surface area contributed by atoms with Gasteiger partial charge in [0.1, 0.15) is 5.75 Å². The Bertz CT molecular complexity index is 1240. The van der Waals surface area contributed by atoms with E-state index in [1.54, 1.807) is 31.2 Å². The van der Waals surface area contributed by atoms with Gasteiger partial charge in [-0.15, -0.1) is 0 Å². The molecule has 1 aliphatic heterocycles. The number of urea groups is 1. The molecular formula is C22H21F3N2O6S. The minimum absolute atomic E-state index is 0.0330. The molecule has 0 unspecified atom stereocenters. The van der Waals surface area contributed by atoms with Crippen LogP contribution in [0.5, 0.6) is 5.75 Å². The number of ether oxygens (including phenoxy) is 2. The predicted molar refractivity (Wildman–Crippen MR) is 115 cm³/mol. The van der Waals surface area contributed by atoms with Gasteiger partial charge in [0, 0.05) is 5.70 Å². The van der Waals surface area contributed by atoms with E-state index in [1.807, 2.05) is 0 Å². The number of hydrogen-bond donors (Lipinski definition) is 2. The average Bonchev–Trinajstić information content (AvgIpc) is 2.78. The fourth-order valence-electron chi connectivity index (χ4n) is 3.39. The predicted octanol–water partition coefficient (Wildman–Crippen LogP) is 3.36. The molecule has 0 fully saturated rings. The molecular weight excluding hydrogens is 477 g/mol. The number of rotatable bonds is 7. The molecule has 0 saturated carbocycles. The van der Waals surface area contributed by atoms with Crippen molar-refractivity contribution in [2.45, 2.75) is 24.0 Å². The first-order valence-electron chi connectivity index (χ1n) is 9.98. The molecule has 2 N–H and O–H groups in total. The van der Waals surface area contributed by atoms with Gasteiger partial charge in [0.05, 0.1) is 41.5 Å². The number of methoxy groups -OCH3 is 1. The van der Waals surface area contributed by atoms with E-state index in [-0.39, 0.29) is 17.9 Å². The zero-order valence-corrected chi connectivity index (χ0v) is 18.9. The van der Waals surface area contributed by atoms with Crippen molar-refractivity contribution in [1.29, 1.82) is 0 Å². The molecule has 0 bridgehead atoms. The molecule has 2 amide bonds. The zero-order chi connectivity index (χ0) is 25.1. The van der Waals surface area contributed by atoms with Crippen LogP contribution in [0, 0.1) is 0 Å². The fraction of sp³-hybridized carbons (Fsp3) is 0.273. The van der Waals surface area contributed by atoms with Crippen LogP contribution >= 0.6 is 0 Å². The molecule has 0 spiro atoms. The highest BCUT2D eigenvalue weighted by Gasteiger charge is 2.37. The Morgan fingerprint density at radius 2 is 1.82 bits per heavy atom. The molecule has 0 aromatic heterocycles. The summed E-state index contributed by atoms with van der Waals surface area (Å²) in [5.41, 5.74) is -1.22. The van der Waals surface area contributed by atoms with Gasteiger partial charge in [-0.1, -0.05) is 18.2 Å². The van der Waals surface area contributed by atoms with Crippen molar-refractivity contribution in [1.82, 2.24) is 10.6 Å². The van der Waals surface area contributed by atoms with Gasteiger partial charge in [-0.3, -0.25) is 0 Å². The summed E-state index contributed by atoms with van der Waals surface area (Å²) in [5.74, 6) is -1.40. The summed E-state index contributed by atoms with van der Waals surface area (Å²) in [5, 5.41) is 4.85. The Hall–Kier alpha value is -3.54. The van der Waals surface area contributed by atoms with Crippen molar-refractivity contribution in [3.8, 4) is 5.75 Å². The number of hydrogen-bond acceptors (Lipinski definition) is 6. The number of nitrogens with one attached hydrogen (secondary N) is 2. The summed E-state index contributed by atoms with van der Waals surface area (Å²) in [7, 11) is -2.97. The summed E-state index contributed by atoms with van der Waals surface area (Å²) in [4.78, 5) is 24.6. The largest absolute Gasteiger partial charge is 0.497 e. The van der Waals surface area contributed by atoms with E-state index in [1.165, 1.54) is 7.11 Å². The maximum atomic E-state index is 13.1. The van der Waals surface area contributed by atoms with Crippen LogP contribution in [0.3, 0.4) is 0 Å². The van der Waals surface area contributed by atoms with Gasteiger partial charge in [-0.05, 0) is 42.8 Å². The summed E-state index contributed by atoms with van der Waals surface area (Å²) in [6, 6.07) is 7.74. The molecule has 2 aromatic carbocycles. The molecule has 1 heterocycles. The molecule has 182 valence electrons. The van der Waals surface area contributed by atoms with Crippen molar-refractivity contribution in [3.63, 3.8) is 0 Å². The maximum Gasteiger partial charge on any atom is 0.416 e. The molecule has 2 aromatic rings. The second-order valence-corrected chi connectivity index (χ2v) is 9.20. The van der Waals surface area contributed by atoms with Crippen LogP contribution in [0.4, 0.5) is 18.0 Å². The standard InChI is InChI=1S/C22H21F3N2O6S/c1-3-33-20(28)18-17(12-34(30,31)16-9-5-7-14(11-16)22(23,24)25)26-21(29)27-19(18)13-6-4-8-15(10-13)32-2/h4-11,19H,3,12H2,1-2H3,(H2,26,27,29)/t19-/m1/s1. The lowest BCUT2D eigenvalue weighted by Crippen LogP contribution is -2.47. The fourth-order valence-corrected chi connectivity index (χ4v) is 4.76. The van der Waals surface area contributed by atoms with E-state index < -0.39 is 50.3 Å². The molecule has 1 aliphatic rings. The van der Waals surface area contributed by atoms with E-state index in [4.69, 9.17) is 9.47 Å². The average molecular weight is 498 g/mol. The second kappa shape index (κ2) is 9.75. The minimum Gasteiger partial charge on any atom is -0.497 e. The van der Waals surface area contributed by atoms with Crippen molar-refractivity contribution in [3.05, 3.63) is 70.9 Å². The third-order valence-corrected chi connectivity index (χ3v) is 6.57. The van der Waals surface area contributed by atoms with Crippen LogP contribution in [0.15, 0.2) is 64.7 Å². The Balaban J connectivity index is 2.11. The lowest BCUT2D eigenvalue weighted by atomic mass is 9.95. The molecule has 34 heavy (non-hydrogen) atoms. The van der Waals surface area contributed by atoms with E-state index in [0.29, 0.717) is 17.4 Å². The number of esters is 1. The van der Waals surface area contributed by atoms with Gasteiger partial charge in [-0.25, -0.2) is 18.0 Å². The smallest absolute Gasteiger partial charge is 0.416 e. The van der Waals surface area contributed by atoms with Gasteiger partial charge >= 0.3 is 18.2 Å². The molecule has 0 saturated heterocycles. The highest BCUT2D eigenvalue weighted by atomic mass is 32.2. The number of sulfone groups is 1. The van der Waals surface area contributed by atoms with Gasteiger partial charge < -0.3 is 20.1 Å². The Morgan fingerprint density at radius 1 is 1.12 bits per heavy atom. The molecule has 8 nitrogen and oxygen atoms in total. The number of benzene rings is 2. The third kappa shape index (κ3) is 5.50. The molecule has 1 atom stereocenters. The first kappa shape index (κ1) is 25.1. The van der Waals surface area contributed by atoms with Crippen LogP contribution in [0.2, 0.25) is 0 Å². The van der Waals surface area contributed by atoms with Gasteiger partial charge in [0.25, 0.3) is 0 Å². The Labute approximate surface area is 193 Å². The van der Waals surface area contributed by atoms with Crippen LogP contribution in [0.1, 0.15) is 24.1 Å². The molecule has 0 aliphatic carbocycles. The van der Waals surface area contributed by atoms with Crippen LogP contribution in [-0.4, -0.2) is 39.9 Å². The van der Waals surface area contributed by atoms with Crippen molar-refractivity contribution in [2.24, 2.45) is 0 Å². The summed E-state index contributed by atoms with van der Waals surface area (Å²) in [6.07, 6.45) is -4.75. The highest BCUT2D eigenvalue weighted by Crippen LogP contribution is 2.33. The minimum atomic E-state index is -4.75. The van der Waals surface area contributed by atoms with E-state index >= 15 is 0 Å². The quantitative estimate of drug-likeness (QED) is 0.567. The van der Waals surface area contributed by atoms with Crippen LogP contribution < -0.4 is 15.4 Å². The number of amides is 2. The van der Waals surface area contributed by atoms with Gasteiger partial charge in [0.15, 0.2) is 9.84 Å².